The lowest BCUT2D eigenvalue weighted by Crippen LogP contribution is -2.00. The molecular formula is C45H26BrN3O2. The number of halogens is 1. The van der Waals surface area contributed by atoms with Crippen molar-refractivity contribution < 1.29 is 8.83 Å². The SMILES string of the molecule is Brc1cccc(-c2cccc(-c3ccc(-c4nc(-c5ccc6c(c5)oc5ccccc56)nc(-c5cccc6c5oc5ccccc56)n4)cc3)c2)c1. The molecule has 10 rings (SSSR count). The first-order valence-electron chi connectivity index (χ1n) is 16.7. The van der Waals surface area contributed by atoms with E-state index < -0.39 is 0 Å². The van der Waals surface area contributed by atoms with Crippen LogP contribution in [0.3, 0.4) is 0 Å². The molecule has 0 saturated heterocycles. The zero-order valence-corrected chi connectivity index (χ0v) is 28.6. The minimum absolute atomic E-state index is 0.537. The summed E-state index contributed by atoms with van der Waals surface area (Å²) in [5.41, 5.74) is 10.3. The molecular weight excluding hydrogens is 694 g/mol. The fourth-order valence-corrected chi connectivity index (χ4v) is 7.30. The summed E-state index contributed by atoms with van der Waals surface area (Å²) in [5, 5.41) is 4.20. The van der Waals surface area contributed by atoms with Crippen LogP contribution >= 0.6 is 15.9 Å². The van der Waals surface area contributed by atoms with Gasteiger partial charge in [0.25, 0.3) is 0 Å². The number of aromatic nitrogens is 3. The summed E-state index contributed by atoms with van der Waals surface area (Å²) >= 11 is 3.60. The number of rotatable bonds is 5. The first kappa shape index (κ1) is 29.5. The first-order chi connectivity index (χ1) is 25.1. The molecule has 0 aliphatic heterocycles. The van der Waals surface area contributed by atoms with Crippen LogP contribution in [0, 0.1) is 0 Å². The van der Waals surface area contributed by atoms with Crippen LogP contribution in [0.1, 0.15) is 0 Å². The summed E-state index contributed by atoms with van der Waals surface area (Å²) in [5.74, 6) is 1.66. The Morgan fingerprint density at radius 2 is 0.902 bits per heavy atom. The Hall–Kier alpha value is -6.37. The lowest BCUT2D eigenvalue weighted by molar-refractivity contribution is 0.668. The van der Waals surface area contributed by atoms with Gasteiger partial charge in [-0.1, -0.05) is 125 Å². The van der Waals surface area contributed by atoms with E-state index in [0.717, 1.165) is 87.3 Å². The average molecular weight is 721 g/mol. The molecule has 240 valence electrons. The van der Waals surface area contributed by atoms with Crippen molar-refractivity contribution in [1.82, 2.24) is 15.0 Å². The third-order valence-corrected chi connectivity index (χ3v) is 9.91. The molecule has 0 bridgehead atoms. The van der Waals surface area contributed by atoms with Gasteiger partial charge in [0, 0.05) is 37.1 Å². The highest BCUT2D eigenvalue weighted by Crippen LogP contribution is 2.37. The Kier molecular flexibility index (Phi) is 6.89. The first-order valence-corrected chi connectivity index (χ1v) is 17.5. The Bertz CT molecular complexity index is 2940. The molecule has 0 atom stereocenters. The van der Waals surface area contributed by atoms with Gasteiger partial charge in [-0.25, -0.2) is 15.0 Å². The van der Waals surface area contributed by atoms with Crippen molar-refractivity contribution in [2.75, 3.05) is 0 Å². The lowest BCUT2D eigenvalue weighted by Gasteiger charge is -2.10. The highest BCUT2D eigenvalue weighted by Gasteiger charge is 2.18. The van der Waals surface area contributed by atoms with Gasteiger partial charge in [-0.3, -0.25) is 0 Å². The molecule has 5 nitrogen and oxygen atoms in total. The lowest BCUT2D eigenvalue weighted by atomic mass is 9.98. The number of furan rings is 2. The number of hydrogen-bond acceptors (Lipinski definition) is 5. The third kappa shape index (κ3) is 5.20. The average Bonchev–Trinajstić information content (AvgIpc) is 3.76. The van der Waals surface area contributed by atoms with Gasteiger partial charge in [0.05, 0.1) is 5.56 Å². The van der Waals surface area contributed by atoms with E-state index in [9.17, 15) is 0 Å². The van der Waals surface area contributed by atoms with Crippen molar-refractivity contribution >= 4 is 59.8 Å². The highest BCUT2D eigenvalue weighted by atomic mass is 79.9. The molecule has 0 fully saturated rings. The maximum atomic E-state index is 6.42. The second-order valence-electron chi connectivity index (χ2n) is 12.6. The van der Waals surface area contributed by atoms with E-state index in [-0.39, 0.29) is 0 Å². The summed E-state index contributed by atoms with van der Waals surface area (Å²) in [6.45, 7) is 0. The molecule has 0 saturated carbocycles. The second-order valence-corrected chi connectivity index (χ2v) is 13.5. The molecule has 0 aliphatic rings. The van der Waals surface area contributed by atoms with Crippen LogP contribution in [0.15, 0.2) is 171 Å². The van der Waals surface area contributed by atoms with Crippen LogP contribution in [0.4, 0.5) is 0 Å². The predicted molar refractivity (Wildman–Crippen MR) is 209 cm³/mol. The topological polar surface area (TPSA) is 65.0 Å². The van der Waals surface area contributed by atoms with Gasteiger partial charge in [-0.05, 0) is 70.8 Å². The van der Waals surface area contributed by atoms with Crippen molar-refractivity contribution in [3.05, 3.63) is 162 Å². The molecule has 0 amide bonds. The third-order valence-electron chi connectivity index (χ3n) is 9.41. The van der Waals surface area contributed by atoms with E-state index in [0.29, 0.717) is 17.5 Å². The summed E-state index contributed by atoms with van der Waals surface area (Å²) in [6, 6.07) is 53.8. The van der Waals surface area contributed by atoms with Gasteiger partial charge >= 0.3 is 0 Å². The van der Waals surface area contributed by atoms with Crippen LogP contribution in [-0.4, -0.2) is 15.0 Å². The van der Waals surface area contributed by atoms with Crippen LogP contribution in [0.25, 0.3) is 100 Å². The minimum Gasteiger partial charge on any atom is -0.456 e. The monoisotopic (exact) mass is 719 g/mol. The van der Waals surface area contributed by atoms with E-state index in [2.05, 4.69) is 113 Å². The fourth-order valence-electron chi connectivity index (χ4n) is 6.90. The van der Waals surface area contributed by atoms with Gasteiger partial charge < -0.3 is 8.83 Å². The normalized spacial score (nSPS) is 11.6. The number of fused-ring (bicyclic) bond motifs is 6. The smallest absolute Gasteiger partial charge is 0.167 e. The minimum atomic E-state index is 0.537. The Morgan fingerprint density at radius 1 is 0.353 bits per heavy atom. The molecule has 3 aromatic heterocycles. The Balaban J connectivity index is 1.11. The zero-order valence-electron chi connectivity index (χ0n) is 27.0. The van der Waals surface area contributed by atoms with Gasteiger partial charge in [0.2, 0.25) is 0 Å². The molecule has 0 N–H and O–H groups in total. The quantitative estimate of drug-likeness (QED) is 0.177. The summed E-state index contributed by atoms with van der Waals surface area (Å²) in [4.78, 5) is 15.2. The second kappa shape index (κ2) is 11.9. The van der Waals surface area contributed by atoms with Crippen LogP contribution in [-0.2, 0) is 0 Å². The summed E-state index contributed by atoms with van der Waals surface area (Å²) in [7, 11) is 0. The summed E-state index contributed by atoms with van der Waals surface area (Å²) in [6.07, 6.45) is 0. The molecule has 3 heterocycles. The van der Waals surface area contributed by atoms with Gasteiger partial charge in [0.1, 0.15) is 22.3 Å². The maximum absolute atomic E-state index is 6.42. The van der Waals surface area contributed by atoms with Crippen LogP contribution in [0.5, 0.6) is 0 Å². The molecule has 0 radical (unpaired) electrons. The van der Waals surface area contributed by atoms with Crippen LogP contribution < -0.4 is 0 Å². The van der Waals surface area contributed by atoms with Gasteiger partial charge in [0.15, 0.2) is 17.5 Å². The highest BCUT2D eigenvalue weighted by molar-refractivity contribution is 9.10. The largest absolute Gasteiger partial charge is 0.456 e. The van der Waals surface area contributed by atoms with Gasteiger partial charge in [-0.2, -0.15) is 0 Å². The molecule has 51 heavy (non-hydrogen) atoms. The Morgan fingerprint density at radius 3 is 1.69 bits per heavy atom. The van der Waals surface area contributed by atoms with Crippen molar-refractivity contribution in [3.8, 4) is 56.4 Å². The van der Waals surface area contributed by atoms with E-state index in [4.69, 9.17) is 23.8 Å². The van der Waals surface area contributed by atoms with Crippen molar-refractivity contribution in [2.24, 2.45) is 0 Å². The van der Waals surface area contributed by atoms with Crippen molar-refractivity contribution in [3.63, 3.8) is 0 Å². The molecule has 10 aromatic rings. The number of para-hydroxylation sites is 3. The zero-order chi connectivity index (χ0) is 33.9. The number of hydrogen-bond donors (Lipinski definition) is 0. The summed E-state index contributed by atoms with van der Waals surface area (Å²) < 4.78 is 13.7. The van der Waals surface area contributed by atoms with E-state index in [1.165, 1.54) is 0 Å². The van der Waals surface area contributed by atoms with E-state index in [1.807, 2.05) is 60.7 Å². The number of nitrogens with zero attached hydrogens (tertiary/aromatic N) is 3. The fraction of sp³-hybridized carbons (Fsp3) is 0. The predicted octanol–water partition coefficient (Wildman–Crippen LogP) is 12.8. The number of benzene rings is 7. The molecule has 6 heteroatoms. The van der Waals surface area contributed by atoms with Crippen molar-refractivity contribution in [2.45, 2.75) is 0 Å². The standard InChI is InChI=1S/C45H26BrN3O2/c46-33-11-6-10-31(25-33)30-9-5-8-29(24-30)27-18-20-28(21-19-27)43-47-44(32-22-23-36-34-12-1-3-16-39(34)50-41(36)26-32)49-45(48-43)38-15-7-14-37-35-13-2-4-17-40(35)51-42(37)38/h1-26H. The van der Waals surface area contributed by atoms with Gasteiger partial charge in [-0.15, -0.1) is 0 Å². The molecule has 7 aromatic carbocycles. The van der Waals surface area contributed by atoms with Crippen LogP contribution in [0.2, 0.25) is 0 Å². The molecule has 0 aliphatic carbocycles. The molecule has 0 unspecified atom stereocenters. The van der Waals surface area contributed by atoms with Crippen molar-refractivity contribution in [1.29, 1.82) is 0 Å². The van der Waals surface area contributed by atoms with E-state index in [1.54, 1.807) is 0 Å². The molecule has 0 spiro atoms. The van der Waals surface area contributed by atoms with E-state index >= 15 is 0 Å². The maximum Gasteiger partial charge on any atom is 0.167 e. The Labute approximate surface area is 301 Å².